The van der Waals surface area contributed by atoms with Crippen molar-refractivity contribution in [3.8, 4) is 22.9 Å². The molecule has 3 heterocycles. The molecular weight excluding hydrogens is 484 g/mol. The highest BCUT2D eigenvalue weighted by Crippen LogP contribution is 2.31. The number of pyridine rings is 3. The largest absolute Gasteiger partial charge is 0.444 e. The zero-order valence-electron chi connectivity index (χ0n) is 19.7. The predicted octanol–water partition coefficient (Wildman–Crippen LogP) is 5.36. The van der Waals surface area contributed by atoms with Crippen molar-refractivity contribution in [1.29, 1.82) is 0 Å². The van der Waals surface area contributed by atoms with E-state index < -0.39 is 30.8 Å². The summed E-state index contributed by atoms with van der Waals surface area (Å²) in [4.78, 5) is 24.2. The standard InChI is InChI=1S/C24H24F4N4O4/c1-24(2,3)36-23(33)31-13-17-5-4-14(12-30-17)10-16-6-7-18(34-21(25)26)20(32-16)15-8-9-29-19(11-15)35-22(27)28/h4-9,11-12,21-22H,10,13H2,1-3H3,(H,31,33). The van der Waals surface area contributed by atoms with Gasteiger partial charge in [0.25, 0.3) is 0 Å². The molecule has 0 saturated heterocycles. The molecule has 1 N–H and O–H groups in total. The number of carbonyl (C=O) groups is 1. The highest BCUT2D eigenvalue weighted by molar-refractivity contribution is 5.68. The molecule has 0 aliphatic heterocycles. The third-order valence-corrected chi connectivity index (χ3v) is 4.43. The van der Waals surface area contributed by atoms with Gasteiger partial charge < -0.3 is 19.5 Å². The number of nitrogens with zero attached hydrogens (tertiary/aromatic N) is 3. The Kier molecular flexibility index (Phi) is 8.62. The minimum Gasteiger partial charge on any atom is -0.444 e. The van der Waals surface area contributed by atoms with Gasteiger partial charge in [-0.25, -0.2) is 14.8 Å². The first-order chi connectivity index (χ1) is 17.0. The van der Waals surface area contributed by atoms with E-state index in [1.165, 1.54) is 24.4 Å². The SMILES string of the molecule is CC(C)(C)OC(=O)NCc1ccc(Cc2ccc(OC(F)F)c(-c3ccnc(OC(F)F)c3)n2)cn1. The van der Waals surface area contributed by atoms with E-state index in [-0.39, 0.29) is 23.6 Å². The predicted molar refractivity (Wildman–Crippen MR) is 121 cm³/mol. The van der Waals surface area contributed by atoms with E-state index in [4.69, 9.17) is 4.74 Å². The molecule has 8 nitrogen and oxygen atoms in total. The van der Waals surface area contributed by atoms with E-state index >= 15 is 0 Å². The molecule has 0 aliphatic rings. The number of rotatable bonds is 9. The highest BCUT2D eigenvalue weighted by atomic mass is 19.3. The van der Waals surface area contributed by atoms with Crippen molar-refractivity contribution in [1.82, 2.24) is 20.3 Å². The highest BCUT2D eigenvalue weighted by Gasteiger charge is 2.17. The third-order valence-electron chi connectivity index (χ3n) is 4.43. The number of nitrogens with one attached hydrogen (secondary N) is 1. The Morgan fingerprint density at radius 2 is 1.69 bits per heavy atom. The lowest BCUT2D eigenvalue weighted by molar-refractivity contribution is -0.0528. The zero-order valence-corrected chi connectivity index (χ0v) is 19.7. The number of alkyl carbamates (subject to hydrolysis) is 1. The fourth-order valence-corrected chi connectivity index (χ4v) is 3.05. The van der Waals surface area contributed by atoms with Gasteiger partial charge in [0.2, 0.25) is 5.88 Å². The maximum Gasteiger partial charge on any atom is 0.407 e. The maximum atomic E-state index is 12.9. The van der Waals surface area contributed by atoms with Gasteiger partial charge in [0.1, 0.15) is 11.3 Å². The second-order valence-corrected chi connectivity index (χ2v) is 8.48. The van der Waals surface area contributed by atoms with Gasteiger partial charge in [-0.05, 0) is 50.6 Å². The fraction of sp³-hybridized carbons (Fsp3) is 0.333. The lowest BCUT2D eigenvalue weighted by atomic mass is 10.1. The summed E-state index contributed by atoms with van der Waals surface area (Å²) in [6.07, 6.45) is 2.52. The molecule has 0 atom stereocenters. The number of aromatic nitrogens is 3. The van der Waals surface area contributed by atoms with E-state index in [9.17, 15) is 22.4 Å². The second-order valence-electron chi connectivity index (χ2n) is 8.48. The van der Waals surface area contributed by atoms with Crippen molar-refractivity contribution in [3.05, 3.63) is 65.7 Å². The lowest BCUT2D eigenvalue weighted by Gasteiger charge is -2.19. The van der Waals surface area contributed by atoms with Gasteiger partial charge >= 0.3 is 19.3 Å². The van der Waals surface area contributed by atoms with Crippen LogP contribution in [0.5, 0.6) is 11.6 Å². The van der Waals surface area contributed by atoms with Crippen LogP contribution in [0.2, 0.25) is 0 Å². The zero-order chi connectivity index (χ0) is 26.3. The summed E-state index contributed by atoms with van der Waals surface area (Å²) in [5.74, 6) is -0.623. The van der Waals surface area contributed by atoms with E-state index in [1.54, 1.807) is 39.1 Å². The van der Waals surface area contributed by atoms with Crippen molar-refractivity contribution < 1.29 is 36.6 Å². The normalized spacial score (nSPS) is 11.5. The van der Waals surface area contributed by atoms with Crippen molar-refractivity contribution >= 4 is 6.09 Å². The van der Waals surface area contributed by atoms with Crippen LogP contribution in [0.4, 0.5) is 22.4 Å². The van der Waals surface area contributed by atoms with Crippen LogP contribution in [0.15, 0.2) is 48.8 Å². The number of hydrogen-bond donors (Lipinski definition) is 1. The smallest absolute Gasteiger partial charge is 0.407 e. The number of hydrogen-bond acceptors (Lipinski definition) is 7. The Bertz CT molecular complexity index is 1170. The van der Waals surface area contributed by atoms with Gasteiger partial charge in [0.05, 0.1) is 12.2 Å². The molecule has 3 rings (SSSR count). The number of carbonyl (C=O) groups excluding carboxylic acids is 1. The number of amides is 1. The second kappa shape index (κ2) is 11.6. The molecule has 1 amide bonds. The summed E-state index contributed by atoms with van der Waals surface area (Å²) in [6, 6.07) is 8.91. The van der Waals surface area contributed by atoms with Crippen LogP contribution in [0, 0.1) is 0 Å². The topological polar surface area (TPSA) is 95.5 Å². The van der Waals surface area contributed by atoms with Crippen molar-refractivity contribution in [2.75, 3.05) is 0 Å². The summed E-state index contributed by atoms with van der Waals surface area (Å²) in [5.41, 5.74) is 1.45. The first-order valence-corrected chi connectivity index (χ1v) is 10.7. The summed E-state index contributed by atoms with van der Waals surface area (Å²) < 4.78 is 65.0. The number of ether oxygens (including phenoxy) is 3. The summed E-state index contributed by atoms with van der Waals surface area (Å²) in [7, 11) is 0. The van der Waals surface area contributed by atoms with Gasteiger partial charge in [0.15, 0.2) is 5.75 Å². The molecular formula is C24H24F4N4O4. The van der Waals surface area contributed by atoms with Crippen LogP contribution in [0.3, 0.4) is 0 Å². The van der Waals surface area contributed by atoms with E-state index in [2.05, 4.69) is 29.7 Å². The quantitative estimate of drug-likeness (QED) is 0.389. The minimum absolute atomic E-state index is 0.0143. The average molecular weight is 508 g/mol. The Hall–Kier alpha value is -3.96. The molecule has 12 heteroatoms. The molecule has 0 saturated carbocycles. The lowest BCUT2D eigenvalue weighted by Crippen LogP contribution is -2.32. The Labute approximate surface area is 204 Å². The molecule has 3 aromatic heterocycles. The van der Waals surface area contributed by atoms with Gasteiger partial charge in [-0.3, -0.25) is 4.98 Å². The monoisotopic (exact) mass is 508 g/mol. The third kappa shape index (κ3) is 8.36. The molecule has 0 unspecified atom stereocenters. The van der Waals surface area contributed by atoms with Crippen molar-refractivity contribution in [2.45, 2.75) is 52.6 Å². The summed E-state index contributed by atoms with van der Waals surface area (Å²) >= 11 is 0. The Balaban J connectivity index is 1.76. The van der Waals surface area contributed by atoms with Crippen LogP contribution in [0.25, 0.3) is 11.3 Å². The van der Waals surface area contributed by atoms with Crippen molar-refractivity contribution in [3.63, 3.8) is 0 Å². The van der Waals surface area contributed by atoms with Crippen LogP contribution in [-0.2, 0) is 17.7 Å². The molecule has 0 spiro atoms. The molecule has 3 aromatic rings. The first kappa shape index (κ1) is 26.6. The number of alkyl halides is 4. The minimum atomic E-state index is -3.11. The average Bonchev–Trinajstić information content (AvgIpc) is 2.78. The van der Waals surface area contributed by atoms with Gasteiger partial charge in [-0.15, -0.1) is 0 Å². The fourth-order valence-electron chi connectivity index (χ4n) is 3.05. The van der Waals surface area contributed by atoms with E-state index in [0.29, 0.717) is 17.8 Å². The summed E-state index contributed by atoms with van der Waals surface area (Å²) in [5, 5.41) is 2.61. The first-order valence-electron chi connectivity index (χ1n) is 10.7. The molecule has 0 radical (unpaired) electrons. The molecule has 36 heavy (non-hydrogen) atoms. The van der Waals surface area contributed by atoms with Crippen LogP contribution < -0.4 is 14.8 Å². The van der Waals surface area contributed by atoms with Crippen LogP contribution in [-0.4, -0.2) is 39.9 Å². The van der Waals surface area contributed by atoms with Gasteiger partial charge in [0, 0.05) is 36.1 Å². The van der Waals surface area contributed by atoms with Gasteiger partial charge in [-0.2, -0.15) is 17.6 Å². The molecule has 0 aliphatic carbocycles. The van der Waals surface area contributed by atoms with Crippen LogP contribution >= 0.6 is 0 Å². The molecule has 0 bridgehead atoms. The number of halogens is 4. The van der Waals surface area contributed by atoms with Gasteiger partial charge in [-0.1, -0.05) is 6.07 Å². The van der Waals surface area contributed by atoms with E-state index in [1.807, 2.05) is 0 Å². The Morgan fingerprint density at radius 1 is 0.972 bits per heavy atom. The Morgan fingerprint density at radius 3 is 2.33 bits per heavy atom. The van der Waals surface area contributed by atoms with Crippen molar-refractivity contribution in [2.24, 2.45) is 0 Å². The van der Waals surface area contributed by atoms with E-state index in [0.717, 1.165) is 11.6 Å². The van der Waals surface area contributed by atoms with Crippen LogP contribution in [0.1, 0.15) is 37.7 Å². The molecule has 0 aromatic carbocycles. The maximum absolute atomic E-state index is 12.9. The molecule has 192 valence electrons. The molecule has 0 fully saturated rings. The summed E-state index contributed by atoms with van der Waals surface area (Å²) in [6.45, 7) is -0.760.